The Morgan fingerprint density at radius 1 is 1.16 bits per heavy atom. The van der Waals surface area contributed by atoms with Crippen LogP contribution in [0.5, 0.6) is 5.75 Å². The number of aryl methyl sites for hydroxylation is 1. The highest BCUT2D eigenvalue weighted by Gasteiger charge is 2.15. The molecule has 4 rings (SSSR count). The number of benzene rings is 2. The third-order valence-electron chi connectivity index (χ3n) is 4.72. The van der Waals surface area contributed by atoms with Crippen LogP contribution in [0.4, 0.5) is 0 Å². The molecule has 0 aliphatic carbocycles. The van der Waals surface area contributed by atoms with Gasteiger partial charge in [0.2, 0.25) is 0 Å². The van der Waals surface area contributed by atoms with Crippen LogP contribution < -0.4 is 15.9 Å². The lowest BCUT2D eigenvalue weighted by atomic mass is 10.1. The molecule has 0 aliphatic rings. The monoisotopic (exact) mass is 431 g/mol. The fraction of sp³-hybridized carbons (Fsp3) is 0.130. The average molecular weight is 431 g/mol. The molecule has 8 heteroatoms. The molecule has 0 saturated carbocycles. The van der Waals surface area contributed by atoms with Gasteiger partial charge in [-0.25, -0.2) is 9.78 Å². The van der Waals surface area contributed by atoms with Gasteiger partial charge in [0, 0.05) is 22.8 Å². The lowest BCUT2D eigenvalue weighted by Gasteiger charge is -2.08. The number of aromatic nitrogens is 2. The van der Waals surface area contributed by atoms with E-state index >= 15 is 0 Å². The highest BCUT2D eigenvalue weighted by Crippen LogP contribution is 2.27. The van der Waals surface area contributed by atoms with E-state index in [1.807, 2.05) is 31.2 Å². The van der Waals surface area contributed by atoms with Crippen molar-refractivity contribution in [3.05, 3.63) is 86.0 Å². The number of hydrogen-bond donors (Lipinski definition) is 1. The number of rotatable bonds is 5. The number of ether oxygens (including phenoxy) is 1. The maximum atomic E-state index is 12.5. The Morgan fingerprint density at radius 2 is 1.94 bits per heavy atom. The van der Waals surface area contributed by atoms with Gasteiger partial charge < -0.3 is 14.1 Å². The summed E-state index contributed by atoms with van der Waals surface area (Å²) in [6.07, 6.45) is 0. The summed E-state index contributed by atoms with van der Waals surface area (Å²) in [7, 11) is 1.56. The maximum Gasteiger partial charge on any atom is 0.336 e. The van der Waals surface area contributed by atoms with Crippen LogP contribution in [0.1, 0.15) is 16.7 Å². The lowest BCUT2D eigenvalue weighted by Crippen LogP contribution is -2.14. The molecule has 0 radical (unpaired) electrons. The second-order valence-corrected chi connectivity index (χ2v) is 7.78. The zero-order valence-electron chi connectivity index (χ0n) is 16.8. The van der Waals surface area contributed by atoms with Crippen LogP contribution in [0.25, 0.3) is 22.2 Å². The van der Waals surface area contributed by atoms with Crippen LogP contribution in [-0.2, 0) is 5.75 Å². The first kappa shape index (κ1) is 20.4. The van der Waals surface area contributed by atoms with E-state index in [2.05, 4.69) is 9.97 Å². The van der Waals surface area contributed by atoms with Crippen molar-refractivity contribution >= 4 is 22.7 Å². The Hall–Kier alpha value is -3.83. The molecule has 0 unspecified atom stereocenters. The van der Waals surface area contributed by atoms with Crippen LogP contribution in [0.2, 0.25) is 0 Å². The molecule has 154 valence electrons. The molecule has 2 aromatic heterocycles. The SMILES string of the molecule is COc1ccc(-c2nc(SCc3cc(=O)oc4cc(C)ccc34)[nH]c(=O)c2C#N)cc1. The average Bonchev–Trinajstić information content (AvgIpc) is 2.76. The number of nitriles is 1. The summed E-state index contributed by atoms with van der Waals surface area (Å²) in [6.45, 7) is 1.92. The zero-order chi connectivity index (χ0) is 22.0. The molecule has 0 aliphatic heterocycles. The van der Waals surface area contributed by atoms with Crippen LogP contribution in [0.3, 0.4) is 0 Å². The third kappa shape index (κ3) is 4.22. The quantitative estimate of drug-likeness (QED) is 0.289. The number of H-pyrrole nitrogens is 1. The van der Waals surface area contributed by atoms with E-state index in [9.17, 15) is 14.9 Å². The van der Waals surface area contributed by atoms with Crippen LogP contribution in [0, 0.1) is 18.3 Å². The molecule has 0 bridgehead atoms. The smallest absolute Gasteiger partial charge is 0.336 e. The fourth-order valence-corrected chi connectivity index (χ4v) is 4.04. The van der Waals surface area contributed by atoms with E-state index in [-0.39, 0.29) is 5.56 Å². The Kier molecular flexibility index (Phi) is 5.60. The summed E-state index contributed by atoms with van der Waals surface area (Å²) >= 11 is 1.27. The van der Waals surface area contributed by atoms with E-state index in [1.54, 1.807) is 31.4 Å². The van der Waals surface area contributed by atoms with Crippen molar-refractivity contribution in [1.82, 2.24) is 9.97 Å². The molecule has 31 heavy (non-hydrogen) atoms. The van der Waals surface area contributed by atoms with Crippen LogP contribution >= 0.6 is 11.8 Å². The van der Waals surface area contributed by atoms with Crippen molar-refractivity contribution in [2.75, 3.05) is 7.11 Å². The minimum atomic E-state index is -0.515. The molecule has 7 nitrogen and oxygen atoms in total. The van der Waals surface area contributed by atoms with Crippen molar-refractivity contribution in [2.24, 2.45) is 0 Å². The second kappa shape index (κ2) is 8.50. The zero-order valence-corrected chi connectivity index (χ0v) is 17.6. The van der Waals surface area contributed by atoms with Crippen molar-refractivity contribution in [3.63, 3.8) is 0 Å². The Bertz CT molecular complexity index is 1430. The normalized spacial score (nSPS) is 10.7. The van der Waals surface area contributed by atoms with Gasteiger partial charge in [0.25, 0.3) is 5.56 Å². The number of nitrogens with one attached hydrogen (secondary N) is 1. The van der Waals surface area contributed by atoms with Crippen molar-refractivity contribution < 1.29 is 9.15 Å². The molecular formula is C23H17N3O4S. The summed E-state index contributed by atoms with van der Waals surface area (Å²) in [4.78, 5) is 31.6. The van der Waals surface area contributed by atoms with E-state index in [0.29, 0.717) is 33.5 Å². The first-order chi connectivity index (χ1) is 15.0. The molecule has 2 heterocycles. The highest BCUT2D eigenvalue weighted by molar-refractivity contribution is 7.98. The van der Waals surface area contributed by atoms with Crippen LogP contribution in [-0.4, -0.2) is 17.1 Å². The van der Waals surface area contributed by atoms with Gasteiger partial charge in [-0.1, -0.05) is 23.9 Å². The Labute approximate surface area is 181 Å². The first-order valence-corrected chi connectivity index (χ1v) is 10.3. The number of methoxy groups -OCH3 is 1. The minimum absolute atomic E-state index is 0.0594. The van der Waals surface area contributed by atoms with Gasteiger partial charge in [-0.2, -0.15) is 5.26 Å². The van der Waals surface area contributed by atoms with E-state index in [1.165, 1.54) is 17.8 Å². The first-order valence-electron chi connectivity index (χ1n) is 9.33. The predicted molar refractivity (Wildman–Crippen MR) is 118 cm³/mol. The van der Waals surface area contributed by atoms with Gasteiger partial charge in [-0.15, -0.1) is 0 Å². The molecule has 4 aromatic rings. The summed E-state index contributed by atoms with van der Waals surface area (Å²) < 4.78 is 10.5. The summed E-state index contributed by atoms with van der Waals surface area (Å²) in [5.41, 5.74) is 2.19. The molecular weight excluding hydrogens is 414 g/mol. The molecule has 2 aromatic carbocycles. The second-order valence-electron chi connectivity index (χ2n) is 6.81. The number of aromatic amines is 1. The molecule has 0 saturated heterocycles. The molecule has 0 spiro atoms. The third-order valence-corrected chi connectivity index (χ3v) is 5.65. The van der Waals surface area contributed by atoms with Gasteiger partial charge in [0.1, 0.15) is 23.0 Å². The largest absolute Gasteiger partial charge is 0.497 e. The maximum absolute atomic E-state index is 12.5. The lowest BCUT2D eigenvalue weighted by molar-refractivity contribution is 0.415. The van der Waals surface area contributed by atoms with Gasteiger partial charge >= 0.3 is 5.63 Å². The van der Waals surface area contributed by atoms with Gasteiger partial charge in [0.15, 0.2) is 5.16 Å². The highest BCUT2D eigenvalue weighted by atomic mass is 32.2. The minimum Gasteiger partial charge on any atom is -0.497 e. The van der Waals surface area contributed by atoms with E-state index in [4.69, 9.17) is 9.15 Å². The summed E-state index contributed by atoms with van der Waals surface area (Å²) in [6, 6.07) is 16.0. The van der Waals surface area contributed by atoms with Crippen LogP contribution in [0.15, 0.2) is 67.7 Å². The standard InChI is InChI=1S/C23H17N3O4S/c1-13-3-8-17-15(10-20(27)30-19(17)9-13)12-31-23-25-21(18(11-24)22(28)26-23)14-4-6-16(29-2)7-5-14/h3-10H,12H2,1-2H3,(H,25,26,28). The fourth-order valence-electron chi connectivity index (χ4n) is 3.19. The Morgan fingerprint density at radius 3 is 2.65 bits per heavy atom. The number of nitrogens with zero attached hydrogens (tertiary/aromatic N) is 2. The van der Waals surface area contributed by atoms with Crippen molar-refractivity contribution in [2.45, 2.75) is 17.8 Å². The number of hydrogen-bond acceptors (Lipinski definition) is 7. The summed E-state index contributed by atoms with van der Waals surface area (Å²) in [5.74, 6) is 1.05. The van der Waals surface area contributed by atoms with E-state index < -0.39 is 11.2 Å². The predicted octanol–water partition coefficient (Wildman–Crippen LogP) is 4.02. The summed E-state index contributed by atoms with van der Waals surface area (Å²) in [5, 5.41) is 10.6. The van der Waals surface area contributed by atoms with E-state index in [0.717, 1.165) is 16.5 Å². The number of fused-ring (bicyclic) bond motifs is 1. The molecule has 0 atom stereocenters. The molecule has 0 fully saturated rings. The molecule has 1 N–H and O–H groups in total. The van der Waals surface area contributed by atoms with Crippen molar-refractivity contribution in [3.8, 4) is 23.1 Å². The molecule has 0 amide bonds. The van der Waals surface area contributed by atoms with Gasteiger partial charge in [0.05, 0.1) is 12.8 Å². The Balaban J connectivity index is 1.71. The number of thioether (sulfide) groups is 1. The van der Waals surface area contributed by atoms with Gasteiger partial charge in [-0.3, -0.25) is 4.79 Å². The van der Waals surface area contributed by atoms with Crippen molar-refractivity contribution in [1.29, 1.82) is 5.26 Å². The topological polar surface area (TPSA) is 109 Å². The van der Waals surface area contributed by atoms with Gasteiger partial charge in [-0.05, 0) is 48.4 Å².